The highest BCUT2D eigenvalue weighted by atomic mass is 16.6. The van der Waals surface area contributed by atoms with Gasteiger partial charge in [0.05, 0.1) is 0 Å². The van der Waals surface area contributed by atoms with Gasteiger partial charge in [0.2, 0.25) is 0 Å². The molecule has 0 aliphatic heterocycles. The Kier molecular flexibility index (Phi) is 4.33. The molecule has 0 radical (unpaired) electrons. The SMILES string of the molecule is CCC(=O)Oc1cc#ccc1C(=O)OC(C)(C)C. The maximum atomic E-state index is 11.9. The Labute approximate surface area is 107 Å². The molecule has 0 N–H and O–H groups in total. The molecular weight excluding hydrogens is 232 g/mol. The summed E-state index contributed by atoms with van der Waals surface area (Å²) in [6, 6.07) is 8.07. The van der Waals surface area contributed by atoms with Crippen LogP contribution in [0.25, 0.3) is 0 Å². The van der Waals surface area contributed by atoms with Crippen LogP contribution >= 0.6 is 0 Å². The number of esters is 2. The van der Waals surface area contributed by atoms with Gasteiger partial charge in [-0.1, -0.05) is 19.1 Å². The summed E-state index contributed by atoms with van der Waals surface area (Å²) in [7, 11) is 0. The van der Waals surface area contributed by atoms with E-state index in [4.69, 9.17) is 9.47 Å². The normalized spacial score (nSPS) is 10.4. The van der Waals surface area contributed by atoms with E-state index in [1.165, 1.54) is 12.1 Å². The predicted octanol–water partition coefficient (Wildman–Crippen LogP) is 2.56. The Morgan fingerprint density at radius 3 is 2.39 bits per heavy atom. The van der Waals surface area contributed by atoms with Crippen LogP contribution in [0.1, 0.15) is 44.5 Å². The van der Waals surface area contributed by atoms with Gasteiger partial charge in [0.25, 0.3) is 0 Å². The van der Waals surface area contributed by atoms with Crippen LogP contribution in [0, 0.1) is 12.1 Å². The third-order valence-electron chi connectivity index (χ3n) is 1.90. The van der Waals surface area contributed by atoms with Crippen molar-refractivity contribution in [3.8, 4) is 5.75 Å². The van der Waals surface area contributed by atoms with Crippen molar-refractivity contribution in [3.05, 3.63) is 29.8 Å². The first-order valence-corrected chi connectivity index (χ1v) is 5.69. The lowest BCUT2D eigenvalue weighted by Gasteiger charge is -2.19. The predicted molar refractivity (Wildman–Crippen MR) is 65.2 cm³/mol. The molecule has 0 amide bonds. The van der Waals surface area contributed by atoms with Crippen LogP contribution in [0.3, 0.4) is 0 Å². The van der Waals surface area contributed by atoms with Crippen molar-refractivity contribution in [1.29, 1.82) is 0 Å². The topological polar surface area (TPSA) is 52.6 Å². The van der Waals surface area contributed by atoms with Crippen molar-refractivity contribution in [3.63, 3.8) is 0 Å². The van der Waals surface area contributed by atoms with Crippen LogP contribution < -0.4 is 4.74 Å². The minimum absolute atomic E-state index is 0.148. The lowest BCUT2D eigenvalue weighted by atomic mass is 10.1. The summed E-state index contributed by atoms with van der Waals surface area (Å²) in [6.07, 6.45) is 0.229. The van der Waals surface area contributed by atoms with E-state index < -0.39 is 17.5 Å². The first-order chi connectivity index (χ1) is 8.33. The quantitative estimate of drug-likeness (QED) is 0.771. The highest BCUT2D eigenvalue weighted by molar-refractivity contribution is 5.93. The summed E-state index contributed by atoms with van der Waals surface area (Å²) in [5.74, 6) is -0.819. The Morgan fingerprint density at radius 1 is 1.22 bits per heavy atom. The fourth-order valence-electron chi connectivity index (χ4n) is 1.14. The molecule has 0 fully saturated rings. The van der Waals surface area contributed by atoms with E-state index in [0.29, 0.717) is 0 Å². The molecule has 96 valence electrons. The average molecular weight is 248 g/mol. The van der Waals surface area contributed by atoms with Gasteiger partial charge < -0.3 is 9.47 Å². The number of rotatable bonds is 3. The number of carbonyl (C=O) groups is 2. The summed E-state index contributed by atoms with van der Waals surface area (Å²) in [5.41, 5.74) is -0.437. The zero-order valence-electron chi connectivity index (χ0n) is 11.0. The maximum Gasteiger partial charge on any atom is 0.343 e. The Balaban J connectivity index is 2.94. The van der Waals surface area contributed by atoms with Gasteiger partial charge in [0.1, 0.15) is 11.2 Å². The van der Waals surface area contributed by atoms with Gasteiger partial charge in [0, 0.05) is 18.6 Å². The monoisotopic (exact) mass is 248 g/mol. The minimum atomic E-state index is -0.608. The standard InChI is InChI=1S/C14H16O4/c1-5-12(15)17-11-9-7-6-8-10(11)13(16)18-14(2,3)4/h8-9H,5H2,1-4H3. The van der Waals surface area contributed by atoms with Gasteiger partial charge in [-0.2, -0.15) is 0 Å². The van der Waals surface area contributed by atoms with Crippen molar-refractivity contribution in [2.75, 3.05) is 0 Å². The molecule has 0 heterocycles. The fraction of sp³-hybridized carbons (Fsp3) is 0.429. The van der Waals surface area contributed by atoms with E-state index in [9.17, 15) is 9.59 Å². The van der Waals surface area contributed by atoms with Crippen molar-refractivity contribution in [1.82, 2.24) is 0 Å². The Bertz CT molecular complexity index is 443. The van der Waals surface area contributed by atoms with Gasteiger partial charge >= 0.3 is 11.9 Å². The fourth-order valence-corrected chi connectivity index (χ4v) is 1.14. The molecule has 0 spiro atoms. The summed E-state index contributed by atoms with van der Waals surface area (Å²) in [6.45, 7) is 6.97. The molecule has 0 saturated heterocycles. The molecule has 4 heteroatoms. The highest BCUT2D eigenvalue weighted by Gasteiger charge is 2.21. The molecule has 1 aromatic carbocycles. The van der Waals surface area contributed by atoms with Crippen molar-refractivity contribution in [2.45, 2.75) is 39.7 Å². The summed E-state index contributed by atoms with van der Waals surface area (Å²) in [5, 5.41) is 0. The second kappa shape index (κ2) is 5.54. The molecule has 0 aliphatic carbocycles. The van der Waals surface area contributed by atoms with Crippen LogP contribution in [0.4, 0.5) is 0 Å². The maximum absolute atomic E-state index is 11.9. The zero-order valence-corrected chi connectivity index (χ0v) is 11.0. The van der Waals surface area contributed by atoms with Crippen molar-refractivity contribution < 1.29 is 19.1 Å². The Hall–Kier alpha value is -2.02. The van der Waals surface area contributed by atoms with Crippen molar-refractivity contribution in [2.24, 2.45) is 0 Å². The van der Waals surface area contributed by atoms with Gasteiger partial charge in [-0.25, -0.2) is 4.79 Å². The van der Waals surface area contributed by atoms with Gasteiger partial charge in [-0.3, -0.25) is 4.79 Å². The minimum Gasteiger partial charge on any atom is -0.456 e. The molecule has 0 bridgehead atoms. The average Bonchev–Trinajstić information content (AvgIpc) is 2.27. The van der Waals surface area contributed by atoms with Gasteiger partial charge in [-0.05, 0) is 20.8 Å². The highest BCUT2D eigenvalue weighted by Crippen LogP contribution is 2.20. The van der Waals surface area contributed by atoms with E-state index in [2.05, 4.69) is 12.1 Å². The second-order valence-electron chi connectivity index (χ2n) is 4.68. The third-order valence-corrected chi connectivity index (χ3v) is 1.90. The van der Waals surface area contributed by atoms with Crippen molar-refractivity contribution >= 4 is 11.9 Å². The molecular formula is C14H16O4. The van der Waals surface area contributed by atoms with Crippen LogP contribution in [0.5, 0.6) is 5.75 Å². The summed E-state index contributed by atoms with van der Waals surface area (Å²) >= 11 is 0. The van der Waals surface area contributed by atoms with Gasteiger partial charge in [-0.15, -0.1) is 0 Å². The zero-order chi connectivity index (χ0) is 13.8. The van der Waals surface area contributed by atoms with E-state index in [-0.39, 0.29) is 17.7 Å². The van der Waals surface area contributed by atoms with E-state index in [0.717, 1.165) is 0 Å². The number of ether oxygens (including phenoxy) is 2. The van der Waals surface area contributed by atoms with E-state index in [1.807, 2.05) is 0 Å². The molecule has 4 nitrogen and oxygen atoms in total. The van der Waals surface area contributed by atoms with Crippen LogP contribution in [-0.4, -0.2) is 17.5 Å². The molecule has 0 aliphatic rings. The molecule has 0 unspecified atom stereocenters. The van der Waals surface area contributed by atoms with E-state index >= 15 is 0 Å². The first kappa shape index (κ1) is 14.0. The first-order valence-electron chi connectivity index (χ1n) is 5.69. The summed E-state index contributed by atoms with van der Waals surface area (Å²) in [4.78, 5) is 23.1. The number of hydrogen-bond donors (Lipinski definition) is 0. The van der Waals surface area contributed by atoms with Crippen LogP contribution in [0.15, 0.2) is 12.1 Å². The lowest BCUT2D eigenvalue weighted by molar-refractivity contribution is -0.134. The van der Waals surface area contributed by atoms with Crippen LogP contribution in [-0.2, 0) is 9.53 Å². The molecule has 0 aromatic heterocycles. The molecule has 1 aromatic rings. The van der Waals surface area contributed by atoms with Gasteiger partial charge in [0.15, 0.2) is 5.75 Å². The smallest absolute Gasteiger partial charge is 0.343 e. The lowest BCUT2D eigenvalue weighted by Crippen LogP contribution is -2.24. The molecule has 1 rings (SSSR count). The molecule has 0 saturated carbocycles. The van der Waals surface area contributed by atoms with E-state index in [1.54, 1.807) is 27.7 Å². The Morgan fingerprint density at radius 2 is 1.83 bits per heavy atom. The number of hydrogen-bond acceptors (Lipinski definition) is 4. The molecule has 0 atom stereocenters. The second-order valence-corrected chi connectivity index (χ2v) is 4.68. The largest absolute Gasteiger partial charge is 0.456 e. The molecule has 18 heavy (non-hydrogen) atoms. The third kappa shape index (κ3) is 4.10. The summed E-state index contributed by atoms with van der Waals surface area (Å²) < 4.78 is 10.3. The number of carbonyl (C=O) groups excluding carboxylic acids is 2. The van der Waals surface area contributed by atoms with Crippen LogP contribution in [0.2, 0.25) is 0 Å².